The molecule has 0 amide bonds. The maximum atomic E-state index is 6.56. The van der Waals surface area contributed by atoms with E-state index in [1.165, 1.54) is 33.5 Å². The largest absolute Gasteiger partial charge is 0.437 e. The van der Waals surface area contributed by atoms with Crippen LogP contribution in [0.4, 0.5) is 0 Å². The van der Waals surface area contributed by atoms with Crippen molar-refractivity contribution in [3.63, 3.8) is 0 Å². The zero-order valence-electron chi connectivity index (χ0n) is 20.2. The third kappa shape index (κ3) is 2.75. The molecule has 0 N–H and O–H groups in total. The van der Waals surface area contributed by atoms with Gasteiger partial charge in [0.2, 0.25) is 11.4 Å². The van der Waals surface area contributed by atoms with Gasteiger partial charge in [-0.15, -0.1) is 0 Å². The normalized spacial score (nSPS) is 14.3. The Morgan fingerprint density at radius 1 is 0.939 bits per heavy atom. The smallest absolute Gasteiger partial charge is 0.227 e. The van der Waals surface area contributed by atoms with Crippen molar-refractivity contribution in [1.29, 1.82) is 0 Å². The van der Waals surface area contributed by atoms with Gasteiger partial charge in [0.05, 0.1) is 11.3 Å². The SMILES string of the molecule is Cc1ccc2c(oc3nc4c(cc32)C(C)(C)c2ccccc2-4)c1-c1cc(C(C)C)cc[n+]1C. The highest BCUT2D eigenvalue weighted by Gasteiger charge is 2.37. The molecule has 0 aliphatic heterocycles. The minimum Gasteiger partial charge on any atom is -0.437 e. The van der Waals surface area contributed by atoms with Crippen LogP contribution < -0.4 is 4.57 Å². The van der Waals surface area contributed by atoms with Crippen LogP contribution in [0, 0.1) is 6.92 Å². The van der Waals surface area contributed by atoms with E-state index in [2.05, 4.69) is 107 Å². The Morgan fingerprint density at radius 2 is 1.73 bits per heavy atom. The first-order valence-corrected chi connectivity index (χ1v) is 11.7. The lowest BCUT2D eigenvalue weighted by molar-refractivity contribution is -0.660. The van der Waals surface area contributed by atoms with Crippen LogP contribution >= 0.6 is 0 Å². The number of benzene rings is 2. The molecule has 0 fully saturated rings. The first kappa shape index (κ1) is 20.2. The van der Waals surface area contributed by atoms with Gasteiger partial charge >= 0.3 is 0 Å². The Balaban J connectivity index is 1.67. The summed E-state index contributed by atoms with van der Waals surface area (Å²) in [5.74, 6) is 0.465. The van der Waals surface area contributed by atoms with E-state index in [-0.39, 0.29) is 5.41 Å². The van der Waals surface area contributed by atoms with Crippen LogP contribution in [0.25, 0.3) is 44.6 Å². The summed E-state index contributed by atoms with van der Waals surface area (Å²) in [7, 11) is 2.10. The monoisotopic (exact) mass is 433 g/mol. The summed E-state index contributed by atoms with van der Waals surface area (Å²) in [4.78, 5) is 5.09. The summed E-state index contributed by atoms with van der Waals surface area (Å²) in [6.45, 7) is 11.2. The molecule has 3 heterocycles. The van der Waals surface area contributed by atoms with Gasteiger partial charge in [0.25, 0.3) is 0 Å². The van der Waals surface area contributed by atoms with Gasteiger partial charge in [-0.25, -0.2) is 9.55 Å². The summed E-state index contributed by atoms with van der Waals surface area (Å²) in [6, 6.07) is 19.8. The number of aryl methyl sites for hydroxylation is 2. The predicted molar refractivity (Wildman–Crippen MR) is 135 cm³/mol. The van der Waals surface area contributed by atoms with Crippen molar-refractivity contribution in [2.75, 3.05) is 0 Å². The van der Waals surface area contributed by atoms with E-state index in [1.54, 1.807) is 0 Å². The first-order chi connectivity index (χ1) is 15.8. The average molecular weight is 434 g/mol. The van der Waals surface area contributed by atoms with Crippen molar-refractivity contribution in [2.24, 2.45) is 7.05 Å². The Hall–Kier alpha value is -3.46. The van der Waals surface area contributed by atoms with Crippen molar-refractivity contribution in [3.05, 3.63) is 83.0 Å². The minimum atomic E-state index is -0.0811. The number of fused-ring (bicyclic) bond motifs is 6. The Labute approximate surface area is 194 Å². The fourth-order valence-electron chi connectivity index (χ4n) is 5.44. The van der Waals surface area contributed by atoms with Gasteiger partial charge in [-0.1, -0.05) is 64.1 Å². The lowest BCUT2D eigenvalue weighted by Crippen LogP contribution is -2.31. The highest BCUT2D eigenvalue weighted by Crippen LogP contribution is 2.49. The molecule has 3 nitrogen and oxygen atoms in total. The average Bonchev–Trinajstić information content (AvgIpc) is 3.26. The second-order valence-corrected chi connectivity index (χ2v) is 10.3. The molecule has 3 heteroatoms. The van der Waals surface area contributed by atoms with Gasteiger partial charge in [0, 0.05) is 33.9 Å². The van der Waals surface area contributed by atoms with Crippen molar-refractivity contribution in [3.8, 4) is 22.5 Å². The number of hydrogen-bond donors (Lipinski definition) is 0. The van der Waals surface area contributed by atoms with Crippen LogP contribution in [-0.2, 0) is 12.5 Å². The van der Waals surface area contributed by atoms with Gasteiger partial charge in [0.1, 0.15) is 7.05 Å². The van der Waals surface area contributed by atoms with Crippen LogP contribution in [0.1, 0.15) is 55.9 Å². The van der Waals surface area contributed by atoms with E-state index in [1.807, 2.05) is 0 Å². The van der Waals surface area contributed by atoms with Gasteiger partial charge < -0.3 is 4.42 Å². The number of aromatic nitrogens is 2. The predicted octanol–water partition coefficient (Wildman–Crippen LogP) is 7.21. The van der Waals surface area contributed by atoms with Crippen LogP contribution in [0.15, 0.2) is 65.2 Å². The summed E-state index contributed by atoms with van der Waals surface area (Å²) < 4.78 is 8.75. The maximum absolute atomic E-state index is 6.56. The Bertz CT molecular complexity index is 1590. The lowest BCUT2D eigenvalue weighted by Gasteiger charge is -2.20. The van der Waals surface area contributed by atoms with Crippen LogP contribution in [0.3, 0.4) is 0 Å². The highest BCUT2D eigenvalue weighted by molar-refractivity contribution is 6.09. The fourth-order valence-corrected chi connectivity index (χ4v) is 5.44. The quantitative estimate of drug-likeness (QED) is 0.275. The van der Waals surface area contributed by atoms with Crippen molar-refractivity contribution in [1.82, 2.24) is 4.98 Å². The maximum Gasteiger partial charge on any atom is 0.227 e. The molecule has 33 heavy (non-hydrogen) atoms. The summed E-state index contributed by atoms with van der Waals surface area (Å²) >= 11 is 0. The van der Waals surface area contributed by atoms with Gasteiger partial charge in [-0.2, -0.15) is 0 Å². The number of pyridine rings is 2. The van der Waals surface area contributed by atoms with Crippen LogP contribution in [0.2, 0.25) is 0 Å². The molecule has 0 atom stereocenters. The summed E-state index contributed by atoms with van der Waals surface area (Å²) in [6.07, 6.45) is 2.15. The summed E-state index contributed by atoms with van der Waals surface area (Å²) in [5.41, 5.74) is 11.3. The first-order valence-electron chi connectivity index (χ1n) is 11.7. The molecule has 3 aromatic heterocycles. The molecule has 2 aromatic carbocycles. The molecule has 0 bridgehead atoms. The molecule has 5 aromatic rings. The van der Waals surface area contributed by atoms with E-state index >= 15 is 0 Å². The Kier molecular flexibility index (Phi) is 4.14. The van der Waals surface area contributed by atoms with Gasteiger partial charge in [-0.05, 0) is 41.2 Å². The molecule has 1 aliphatic rings. The number of rotatable bonds is 2. The molecule has 1 aliphatic carbocycles. The van der Waals surface area contributed by atoms with Gasteiger partial charge in [0.15, 0.2) is 11.8 Å². The third-order valence-electron chi connectivity index (χ3n) is 7.47. The third-order valence-corrected chi connectivity index (χ3v) is 7.47. The molecule has 0 saturated carbocycles. The van der Waals surface area contributed by atoms with Crippen LogP contribution in [-0.4, -0.2) is 4.98 Å². The van der Waals surface area contributed by atoms with E-state index in [0.717, 1.165) is 27.6 Å². The molecule has 0 unspecified atom stereocenters. The summed E-state index contributed by atoms with van der Waals surface area (Å²) in [5, 5.41) is 2.22. The minimum absolute atomic E-state index is 0.0811. The second-order valence-electron chi connectivity index (χ2n) is 10.3. The molecule has 0 radical (unpaired) electrons. The zero-order valence-corrected chi connectivity index (χ0v) is 20.2. The van der Waals surface area contributed by atoms with Crippen molar-refractivity contribution >= 4 is 22.1 Å². The van der Waals surface area contributed by atoms with Crippen LogP contribution in [0.5, 0.6) is 0 Å². The van der Waals surface area contributed by atoms with E-state index < -0.39 is 0 Å². The molecule has 6 rings (SSSR count). The number of nitrogens with zero attached hydrogens (tertiary/aromatic N) is 2. The molecular weight excluding hydrogens is 404 g/mol. The van der Waals surface area contributed by atoms with Crippen molar-refractivity contribution in [2.45, 2.75) is 46.0 Å². The van der Waals surface area contributed by atoms with E-state index in [4.69, 9.17) is 9.40 Å². The van der Waals surface area contributed by atoms with E-state index in [9.17, 15) is 0 Å². The lowest BCUT2D eigenvalue weighted by atomic mass is 9.82. The molecule has 0 spiro atoms. The van der Waals surface area contributed by atoms with Gasteiger partial charge in [-0.3, -0.25) is 0 Å². The highest BCUT2D eigenvalue weighted by atomic mass is 16.3. The van der Waals surface area contributed by atoms with E-state index in [0.29, 0.717) is 11.6 Å². The topological polar surface area (TPSA) is 29.9 Å². The van der Waals surface area contributed by atoms with Crippen molar-refractivity contribution < 1.29 is 8.98 Å². The molecule has 0 saturated heterocycles. The second kappa shape index (κ2) is 6.77. The standard InChI is InChI=1S/C30H29N2O/c1-17(2)19-13-14-32(6)25(15-19)26-18(3)11-12-20-22-16-24-27(31-29(22)33-28(20)26)21-9-7-8-10-23(21)30(24,4)5/h7-17H,1-6H3/q+1. The molecule has 164 valence electrons. The number of hydrogen-bond acceptors (Lipinski definition) is 2. The zero-order chi connectivity index (χ0) is 23.1. The Morgan fingerprint density at radius 3 is 2.52 bits per heavy atom. The molecular formula is C30H29N2O+. The fraction of sp³-hybridized carbons (Fsp3) is 0.267. The number of furan rings is 1.